The van der Waals surface area contributed by atoms with Crippen molar-refractivity contribution < 1.29 is 4.79 Å². The number of carbonyl (C=O) groups excluding carboxylic acids is 1. The standard InChI is InChI=1S/C21H18BrN5O/c1-13-19-5-2-14(16-10-23-24-11-16)8-15(19)6-7-26(13)21(28)20-9-18-4-3-17(22)12-27(18)25-20/h2-5,8-13H,6-7H2,1H3,(H,23,24). The van der Waals surface area contributed by atoms with Crippen molar-refractivity contribution in [2.45, 2.75) is 19.4 Å². The van der Waals surface area contributed by atoms with Crippen molar-refractivity contribution in [3.05, 3.63) is 76.3 Å². The van der Waals surface area contributed by atoms with Gasteiger partial charge < -0.3 is 4.90 Å². The summed E-state index contributed by atoms with van der Waals surface area (Å²) in [6.07, 6.45) is 6.41. The first-order valence-electron chi connectivity index (χ1n) is 9.18. The first-order valence-corrected chi connectivity index (χ1v) is 9.97. The van der Waals surface area contributed by atoms with Gasteiger partial charge in [0.2, 0.25) is 0 Å². The Balaban J connectivity index is 1.45. The zero-order valence-electron chi connectivity index (χ0n) is 15.3. The molecule has 4 heterocycles. The monoisotopic (exact) mass is 435 g/mol. The predicted octanol–water partition coefficient (Wildman–Crippen LogP) is 4.25. The summed E-state index contributed by atoms with van der Waals surface area (Å²) >= 11 is 3.44. The first kappa shape index (κ1) is 17.2. The predicted molar refractivity (Wildman–Crippen MR) is 110 cm³/mol. The summed E-state index contributed by atoms with van der Waals surface area (Å²) in [5.41, 5.74) is 6.08. The van der Waals surface area contributed by atoms with Crippen LogP contribution in [0.3, 0.4) is 0 Å². The van der Waals surface area contributed by atoms with E-state index in [1.807, 2.05) is 41.7 Å². The molecule has 0 radical (unpaired) electrons. The summed E-state index contributed by atoms with van der Waals surface area (Å²) in [4.78, 5) is 15.1. The van der Waals surface area contributed by atoms with Crippen molar-refractivity contribution in [1.82, 2.24) is 24.7 Å². The number of carbonyl (C=O) groups is 1. The van der Waals surface area contributed by atoms with Crippen LogP contribution in [0.1, 0.15) is 34.6 Å². The minimum atomic E-state index is -0.0307. The molecule has 140 valence electrons. The van der Waals surface area contributed by atoms with Crippen molar-refractivity contribution in [1.29, 1.82) is 0 Å². The molecule has 1 aromatic carbocycles. The summed E-state index contributed by atoms with van der Waals surface area (Å²) in [6, 6.07) is 12.2. The van der Waals surface area contributed by atoms with E-state index in [1.165, 1.54) is 11.1 Å². The lowest BCUT2D eigenvalue weighted by molar-refractivity contribution is 0.0671. The van der Waals surface area contributed by atoms with Crippen LogP contribution in [0.15, 0.2) is 59.5 Å². The number of hydrogen-bond donors (Lipinski definition) is 1. The maximum atomic E-state index is 13.2. The van der Waals surface area contributed by atoms with Gasteiger partial charge in [0.15, 0.2) is 5.69 Å². The van der Waals surface area contributed by atoms with E-state index >= 15 is 0 Å². The van der Waals surface area contributed by atoms with Crippen LogP contribution in [0.2, 0.25) is 0 Å². The van der Waals surface area contributed by atoms with Gasteiger partial charge in [-0.3, -0.25) is 9.89 Å². The first-order chi connectivity index (χ1) is 13.6. The molecule has 0 aliphatic carbocycles. The number of aromatic amines is 1. The third kappa shape index (κ3) is 2.82. The van der Waals surface area contributed by atoms with Gasteiger partial charge in [0, 0.05) is 29.0 Å². The second-order valence-corrected chi connectivity index (χ2v) is 7.99. The maximum Gasteiger partial charge on any atom is 0.274 e. The van der Waals surface area contributed by atoms with E-state index in [2.05, 4.69) is 56.3 Å². The normalized spacial score (nSPS) is 16.4. The average molecular weight is 436 g/mol. The molecule has 4 aromatic rings. The molecule has 7 heteroatoms. The highest BCUT2D eigenvalue weighted by Crippen LogP contribution is 2.33. The second kappa shape index (κ2) is 6.60. The highest BCUT2D eigenvalue weighted by atomic mass is 79.9. The Bertz CT molecular complexity index is 1180. The van der Waals surface area contributed by atoms with Crippen molar-refractivity contribution in [2.75, 3.05) is 6.54 Å². The summed E-state index contributed by atoms with van der Waals surface area (Å²) in [5, 5.41) is 11.4. The molecule has 1 amide bonds. The second-order valence-electron chi connectivity index (χ2n) is 7.07. The van der Waals surface area contributed by atoms with Crippen molar-refractivity contribution in [3.63, 3.8) is 0 Å². The van der Waals surface area contributed by atoms with Crippen LogP contribution in [-0.4, -0.2) is 37.2 Å². The van der Waals surface area contributed by atoms with E-state index < -0.39 is 0 Å². The van der Waals surface area contributed by atoms with Gasteiger partial charge in [-0.2, -0.15) is 10.2 Å². The number of aromatic nitrogens is 4. The van der Waals surface area contributed by atoms with Gasteiger partial charge in [-0.15, -0.1) is 0 Å². The molecule has 0 saturated carbocycles. The average Bonchev–Trinajstić information content (AvgIpc) is 3.37. The van der Waals surface area contributed by atoms with Crippen LogP contribution in [0.5, 0.6) is 0 Å². The Hall–Kier alpha value is -2.93. The highest BCUT2D eigenvalue weighted by molar-refractivity contribution is 9.10. The molecule has 0 bridgehead atoms. The van der Waals surface area contributed by atoms with Gasteiger partial charge in [-0.05, 0) is 64.2 Å². The molecule has 1 aliphatic heterocycles. The fourth-order valence-electron chi connectivity index (χ4n) is 3.91. The Morgan fingerprint density at radius 3 is 2.93 bits per heavy atom. The van der Waals surface area contributed by atoms with Crippen LogP contribution in [-0.2, 0) is 6.42 Å². The lowest BCUT2D eigenvalue weighted by atomic mass is 9.90. The van der Waals surface area contributed by atoms with Crippen molar-refractivity contribution in [2.24, 2.45) is 0 Å². The van der Waals surface area contributed by atoms with E-state index in [9.17, 15) is 4.79 Å². The van der Waals surface area contributed by atoms with Gasteiger partial charge in [-0.25, -0.2) is 4.52 Å². The maximum absolute atomic E-state index is 13.2. The van der Waals surface area contributed by atoms with Crippen LogP contribution >= 0.6 is 15.9 Å². The zero-order valence-corrected chi connectivity index (χ0v) is 16.8. The molecule has 1 N–H and O–H groups in total. The lowest BCUT2D eigenvalue weighted by Gasteiger charge is -2.35. The fourth-order valence-corrected chi connectivity index (χ4v) is 4.24. The van der Waals surface area contributed by atoms with Crippen LogP contribution in [0.25, 0.3) is 16.6 Å². The van der Waals surface area contributed by atoms with E-state index in [0.717, 1.165) is 27.5 Å². The highest BCUT2D eigenvalue weighted by Gasteiger charge is 2.29. The number of benzene rings is 1. The van der Waals surface area contributed by atoms with Gasteiger partial charge in [-0.1, -0.05) is 18.2 Å². The molecule has 5 rings (SSSR count). The molecule has 3 aromatic heterocycles. The SMILES string of the molecule is CC1c2ccc(-c3cn[nH]c3)cc2CCN1C(=O)c1cc2ccc(Br)cn2n1. The third-order valence-electron chi connectivity index (χ3n) is 5.42. The van der Waals surface area contributed by atoms with E-state index in [-0.39, 0.29) is 11.9 Å². The molecular formula is C21H18BrN5O. The fraction of sp³-hybridized carbons (Fsp3) is 0.190. The quantitative estimate of drug-likeness (QED) is 0.511. The molecule has 28 heavy (non-hydrogen) atoms. The summed E-state index contributed by atoms with van der Waals surface area (Å²) in [7, 11) is 0. The summed E-state index contributed by atoms with van der Waals surface area (Å²) in [5.74, 6) is -0.0307. The number of fused-ring (bicyclic) bond motifs is 2. The van der Waals surface area contributed by atoms with E-state index in [0.29, 0.717) is 12.2 Å². The van der Waals surface area contributed by atoms with Crippen LogP contribution in [0, 0.1) is 0 Å². The van der Waals surface area contributed by atoms with Crippen LogP contribution < -0.4 is 0 Å². The van der Waals surface area contributed by atoms with E-state index in [1.54, 1.807) is 4.52 Å². The Morgan fingerprint density at radius 1 is 1.21 bits per heavy atom. The summed E-state index contributed by atoms with van der Waals surface area (Å²) in [6.45, 7) is 2.76. The lowest BCUT2D eigenvalue weighted by Crippen LogP contribution is -2.39. The van der Waals surface area contributed by atoms with E-state index in [4.69, 9.17) is 0 Å². The Morgan fingerprint density at radius 2 is 2.11 bits per heavy atom. The number of rotatable bonds is 2. The Kier molecular flexibility index (Phi) is 4.05. The number of hydrogen-bond acceptors (Lipinski definition) is 3. The molecule has 1 atom stereocenters. The number of H-pyrrole nitrogens is 1. The molecule has 1 unspecified atom stereocenters. The largest absolute Gasteiger partial charge is 0.330 e. The van der Waals surface area contributed by atoms with Gasteiger partial charge in [0.25, 0.3) is 5.91 Å². The molecule has 0 spiro atoms. The topological polar surface area (TPSA) is 66.3 Å². The molecule has 1 aliphatic rings. The van der Waals surface area contributed by atoms with Crippen LogP contribution in [0.4, 0.5) is 0 Å². The van der Waals surface area contributed by atoms with Crippen molar-refractivity contribution >= 4 is 27.4 Å². The van der Waals surface area contributed by atoms with Crippen molar-refractivity contribution in [3.8, 4) is 11.1 Å². The van der Waals surface area contributed by atoms with Gasteiger partial charge >= 0.3 is 0 Å². The minimum absolute atomic E-state index is 0.00574. The minimum Gasteiger partial charge on any atom is -0.330 e. The smallest absolute Gasteiger partial charge is 0.274 e. The molecular weight excluding hydrogens is 418 g/mol. The number of pyridine rings is 1. The molecule has 6 nitrogen and oxygen atoms in total. The Labute approximate surface area is 170 Å². The number of amides is 1. The van der Waals surface area contributed by atoms with Gasteiger partial charge in [0.1, 0.15) is 0 Å². The number of halogens is 1. The third-order valence-corrected chi connectivity index (χ3v) is 5.89. The zero-order chi connectivity index (χ0) is 19.3. The number of nitrogens with one attached hydrogen (secondary N) is 1. The molecule has 0 fully saturated rings. The van der Waals surface area contributed by atoms with Gasteiger partial charge in [0.05, 0.1) is 17.8 Å². The molecule has 0 saturated heterocycles. The summed E-state index contributed by atoms with van der Waals surface area (Å²) < 4.78 is 2.66. The number of nitrogens with zero attached hydrogens (tertiary/aromatic N) is 4.